The Kier molecular flexibility index (Phi) is 13.2. The van der Waals surface area contributed by atoms with Gasteiger partial charge in [0.1, 0.15) is 40.0 Å². The number of hydrogen-bond donors (Lipinski definition) is 2. The molecule has 0 spiro atoms. The van der Waals surface area contributed by atoms with E-state index in [2.05, 4.69) is 20.6 Å². The highest BCUT2D eigenvalue weighted by Gasteiger charge is 2.41. The number of aliphatic imine (C=N–C) groups is 1. The second-order valence-electron chi connectivity index (χ2n) is 14.4. The summed E-state index contributed by atoms with van der Waals surface area (Å²) >= 11 is 13.2. The van der Waals surface area contributed by atoms with Crippen molar-refractivity contribution in [1.29, 1.82) is 0 Å². The number of likely N-dealkylation sites (N-methyl/N-ethyl adjacent to an activating group) is 1. The van der Waals surface area contributed by atoms with E-state index in [0.717, 1.165) is 15.4 Å². The lowest BCUT2D eigenvalue weighted by molar-refractivity contribution is -0.133. The van der Waals surface area contributed by atoms with E-state index in [1.165, 1.54) is 24.1 Å². The summed E-state index contributed by atoms with van der Waals surface area (Å²) in [6, 6.07) is 11.1. The molecule has 0 unspecified atom stereocenters. The molecule has 0 aliphatic carbocycles. The summed E-state index contributed by atoms with van der Waals surface area (Å²) in [5.74, 6) is -0.215. The lowest BCUT2D eigenvalue weighted by atomic mass is 10.2. The molecule has 4 rings (SSSR count). The van der Waals surface area contributed by atoms with Gasteiger partial charge in [-0.15, -0.1) is 4.99 Å². The first kappa shape index (κ1) is 41.6. The van der Waals surface area contributed by atoms with Gasteiger partial charge in [-0.2, -0.15) is 4.31 Å². The number of amides is 3. The zero-order valence-corrected chi connectivity index (χ0v) is 33.4. The first-order valence-corrected chi connectivity index (χ1v) is 19.1. The Morgan fingerprint density at radius 3 is 2.40 bits per heavy atom. The van der Waals surface area contributed by atoms with Crippen molar-refractivity contribution in [3.05, 3.63) is 63.8 Å². The number of ether oxygens (including phenoxy) is 3. The second kappa shape index (κ2) is 16.9. The van der Waals surface area contributed by atoms with E-state index in [0.29, 0.717) is 17.7 Å². The fourth-order valence-corrected chi connectivity index (χ4v) is 7.90. The molecule has 3 aromatic rings. The van der Waals surface area contributed by atoms with Crippen molar-refractivity contribution in [1.82, 2.24) is 24.8 Å². The van der Waals surface area contributed by atoms with Crippen molar-refractivity contribution in [3.8, 4) is 5.75 Å². The number of alkyl carbamates (subject to hydrolysis) is 1. The van der Waals surface area contributed by atoms with Crippen LogP contribution in [0.3, 0.4) is 0 Å². The number of hydrogen-bond acceptors (Lipinski definition) is 9. The lowest BCUT2D eigenvalue weighted by Crippen LogP contribution is -2.49. The van der Waals surface area contributed by atoms with Gasteiger partial charge in [-0.1, -0.05) is 41.4 Å². The summed E-state index contributed by atoms with van der Waals surface area (Å²) in [5, 5.41) is 6.19. The standard InChI is InChI=1S/C36H46Cl2N6O8S/c1-22-14-15-23-11-9-13-27(30(23)40-22)50-21-24-25(37)16-17-28(29(24)38)53(48,49)44-19-10-12-26(44)31(45)43(8)20-18-39-32(41-33(46)51-35(2,3)4)42-34(47)52-36(5,6)7/h9,11,13-17,26H,10,12,18-21H2,1-8H3,(H2,39,41,42,46,47)/t26-/m0/s1. The van der Waals surface area contributed by atoms with E-state index >= 15 is 0 Å². The summed E-state index contributed by atoms with van der Waals surface area (Å²) in [4.78, 5) is 48.0. The number of sulfonamides is 1. The number of nitrogens with zero attached hydrogens (tertiary/aromatic N) is 4. The number of fused-ring (bicyclic) bond motifs is 1. The van der Waals surface area contributed by atoms with Crippen LogP contribution in [-0.2, 0) is 30.9 Å². The van der Waals surface area contributed by atoms with Gasteiger partial charge in [-0.3, -0.25) is 10.1 Å². The van der Waals surface area contributed by atoms with Crippen molar-refractivity contribution in [3.63, 3.8) is 0 Å². The number of rotatable bonds is 9. The molecule has 14 nitrogen and oxygen atoms in total. The van der Waals surface area contributed by atoms with E-state index in [1.54, 1.807) is 47.6 Å². The minimum atomic E-state index is -4.27. The fraction of sp³-hybridized carbons (Fsp3) is 0.472. The van der Waals surface area contributed by atoms with Crippen LogP contribution < -0.4 is 15.4 Å². The first-order chi connectivity index (χ1) is 24.7. The molecule has 17 heteroatoms. The molecule has 53 heavy (non-hydrogen) atoms. The predicted molar refractivity (Wildman–Crippen MR) is 203 cm³/mol. The van der Waals surface area contributed by atoms with Crippen LogP contribution in [0.5, 0.6) is 5.75 Å². The maximum absolute atomic E-state index is 14.1. The van der Waals surface area contributed by atoms with Gasteiger partial charge in [-0.25, -0.2) is 23.0 Å². The van der Waals surface area contributed by atoms with E-state index < -0.39 is 45.4 Å². The number of benzene rings is 2. The number of carbonyl (C=O) groups excluding carboxylic acids is 3. The van der Waals surface area contributed by atoms with Crippen LogP contribution in [0.15, 0.2) is 52.4 Å². The number of aryl methyl sites for hydroxylation is 1. The van der Waals surface area contributed by atoms with Gasteiger partial charge < -0.3 is 24.4 Å². The molecule has 1 aliphatic heterocycles. The van der Waals surface area contributed by atoms with E-state index in [-0.39, 0.29) is 59.1 Å². The molecule has 0 saturated carbocycles. The first-order valence-electron chi connectivity index (χ1n) is 16.9. The molecule has 0 bridgehead atoms. The molecule has 288 valence electrons. The zero-order chi connectivity index (χ0) is 39.3. The van der Waals surface area contributed by atoms with Crippen molar-refractivity contribution in [2.45, 2.75) is 90.1 Å². The number of nitrogens with one attached hydrogen (secondary N) is 2. The molecule has 3 amide bonds. The number of carbonyl (C=O) groups is 3. The maximum atomic E-state index is 14.1. The quantitative estimate of drug-likeness (QED) is 0.182. The summed E-state index contributed by atoms with van der Waals surface area (Å²) in [6.07, 6.45) is -1.08. The summed E-state index contributed by atoms with van der Waals surface area (Å²) < 4.78 is 45.9. The Hall–Kier alpha value is -4.18. The summed E-state index contributed by atoms with van der Waals surface area (Å²) in [6.45, 7) is 12.0. The van der Waals surface area contributed by atoms with Crippen LogP contribution in [0.25, 0.3) is 10.9 Å². The van der Waals surface area contributed by atoms with Crippen molar-refractivity contribution >= 4 is 68.2 Å². The Labute approximate surface area is 320 Å². The van der Waals surface area contributed by atoms with Gasteiger partial charge in [0.05, 0.1) is 5.02 Å². The smallest absolute Gasteiger partial charge is 0.437 e. The largest absolute Gasteiger partial charge is 0.487 e. The van der Waals surface area contributed by atoms with E-state index in [9.17, 15) is 22.8 Å². The molecule has 2 N–H and O–H groups in total. The molecular formula is C36H46Cl2N6O8S. The highest BCUT2D eigenvalue weighted by Crippen LogP contribution is 2.36. The topological polar surface area (TPSA) is 169 Å². The SMILES string of the molecule is Cc1ccc2cccc(OCc3c(Cl)ccc(S(=O)(=O)N4CCC[C@H]4C(=O)N(C)CCN/C(=N\C(=O)OC(C)(C)C)NC(=O)OC(C)(C)C)c3Cl)c2n1. The second-order valence-corrected chi connectivity index (χ2v) is 17.1. The number of guanidine groups is 1. The van der Waals surface area contributed by atoms with Crippen LogP contribution >= 0.6 is 23.2 Å². The van der Waals surface area contributed by atoms with Gasteiger partial charge in [0.15, 0.2) is 0 Å². The third-order valence-electron chi connectivity index (χ3n) is 7.75. The molecule has 1 fully saturated rings. The van der Waals surface area contributed by atoms with Crippen LogP contribution in [0.1, 0.15) is 65.6 Å². The summed E-state index contributed by atoms with van der Waals surface area (Å²) in [5.41, 5.74) is 0.0700. The predicted octanol–water partition coefficient (Wildman–Crippen LogP) is 6.45. The number of halogens is 2. The fourth-order valence-electron chi connectivity index (χ4n) is 5.39. The van der Waals surface area contributed by atoms with Crippen molar-refractivity contribution < 1.29 is 37.0 Å². The lowest BCUT2D eigenvalue weighted by Gasteiger charge is -2.28. The average Bonchev–Trinajstić information content (AvgIpc) is 3.53. The Bertz CT molecular complexity index is 2000. The average molecular weight is 794 g/mol. The van der Waals surface area contributed by atoms with Gasteiger partial charge in [0.2, 0.25) is 21.9 Å². The third kappa shape index (κ3) is 11.2. The highest BCUT2D eigenvalue weighted by atomic mass is 35.5. The van der Waals surface area contributed by atoms with Gasteiger partial charge in [0, 0.05) is 48.3 Å². The van der Waals surface area contributed by atoms with Crippen molar-refractivity contribution in [2.75, 3.05) is 26.7 Å². The molecule has 0 radical (unpaired) electrons. The molecule has 1 aromatic heterocycles. The van der Waals surface area contributed by atoms with Gasteiger partial charge >= 0.3 is 12.2 Å². The minimum absolute atomic E-state index is 0.0251. The molecule has 1 saturated heterocycles. The summed E-state index contributed by atoms with van der Waals surface area (Å²) in [7, 11) is -2.75. The Balaban J connectivity index is 1.46. The molecule has 1 atom stereocenters. The van der Waals surface area contributed by atoms with Crippen LogP contribution in [0.4, 0.5) is 9.59 Å². The molecule has 2 heterocycles. The van der Waals surface area contributed by atoms with Crippen LogP contribution in [0.2, 0.25) is 10.0 Å². The third-order valence-corrected chi connectivity index (χ3v) is 10.6. The zero-order valence-electron chi connectivity index (χ0n) is 31.1. The maximum Gasteiger partial charge on any atom is 0.437 e. The van der Waals surface area contributed by atoms with Gasteiger partial charge in [-0.05, 0) is 85.6 Å². The Morgan fingerprint density at radius 1 is 1.02 bits per heavy atom. The van der Waals surface area contributed by atoms with Crippen LogP contribution in [-0.4, -0.2) is 90.6 Å². The van der Waals surface area contributed by atoms with Gasteiger partial charge in [0.25, 0.3) is 0 Å². The number of para-hydroxylation sites is 1. The normalized spacial score (nSPS) is 15.6. The monoisotopic (exact) mass is 792 g/mol. The number of aromatic nitrogens is 1. The molecule has 2 aromatic carbocycles. The minimum Gasteiger partial charge on any atom is -0.487 e. The van der Waals surface area contributed by atoms with E-state index in [4.69, 9.17) is 37.4 Å². The molecule has 1 aliphatic rings. The van der Waals surface area contributed by atoms with Crippen molar-refractivity contribution in [2.24, 2.45) is 4.99 Å². The van der Waals surface area contributed by atoms with E-state index in [1.807, 2.05) is 31.2 Å². The number of pyridine rings is 1. The van der Waals surface area contributed by atoms with Crippen LogP contribution in [0, 0.1) is 6.92 Å². The molecular weight excluding hydrogens is 747 g/mol. The Morgan fingerprint density at radius 2 is 1.72 bits per heavy atom. The highest BCUT2D eigenvalue weighted by molar-refractivity contribution is 7.89.